The number of ether oxygens (including phenoxy) is 1. The Morgan fingerprint density at radius 3 is 2.86 bits per heavy atom. The molecule has 0 amide bonds. The third-order valence-corrected chi connectivity index (χ3v) is 6.28. The molecule has 0 radical (unpaired) electrons. The monoisotopic (exact) mass is 325 g/mol. The van der Waals surface area contributed by atoms with Crippen molar-refractivity contribution >= 4 is 16.0 Å². The molecule has 120 valence electrons. The fourth-order valence-electron chi connectivity index (χ4n) is 2.98. The Balaban J connectivity index is 1.64. The lowest BCUT2D eigenvalue weighted by molar-refractivity contribution is -0.144. The predicted octanol–water partition coefficient (Wildman–Crippen LogP) is 1.04. The van der Waals surface area contributed by atoms with Crippen molar-refractivity contribution in [3.8, 4) is 0 Å². The maximum atomic E-state index is 12.2. The first kappa shape index (κ1) is 15.5. The highest BCUT2D eigenvalue weighted by atomic mass is 32.2. The second-order valence-electron chi connectivity index (χ2n) is 5.85. The third kappa shape index (κ3) is 3.02. The number of fused-ring (bicyclic) bond motifs is 1. The van der Waals surface area contributed by atoms with Crippen molar-refractivity contribution in [2.24, 2.45) is 5.92 Å². The number of hydrogen-bond donors (Lipinski definition) is 2. The molecule has 1 aliphatic carbocycles. The lowest BCUT2D eigenvalue weighted by Crippen LogP contribution is -2.45. The van der Waals surface area contributed by atoms with Crippen LogP contribution in [0.5, 0.6) is 0 Å². The molecule has 0 aromatic heterocycles. The summed E-state index contributed by atoms with van der Waals surface area (Å²) in [7, 11) is -3.46. The van der Waals surface area contributed by atoms with Crippen LogP contribution in [0.1, 0.15) is 29.5 Å². The van der Waals surface area contributed by atoms with Crippen LogP contribution in [0, 0.1) is 5.92 Å². The molecule has 2 N–H and O–H groups in total. The van der Waals surface area contributed by atoms with Gasteiger partial charge in [-0.1, -0.05) is 18.2 Å². The van der Waals surface area contributed by atoms with Crippen LogP contribution in [-0.2, 0) is 39.1 Å². The fraction of sp³-hybridized carbons (Fsp3) is 0.533. The minimum absolute atomic E-state index is 0.200. The summed E-state index contributed by atoms with van der Waals surface area (Å²) in [6.07, 6.45) is 1.19. The topological polar surface area (TPSA) is 92.7 Å². The van der Waals surface area contributed by atoms with Gasteiger partial charge in [0, 0.05) is 6.54 Å². The number of carbonyl (C=O) groups is 1. The molecule has 0 atom stereocenters. The van der Waals surface area contributed by atoms with Crippen LogP contribution in [0.4, 0.5) is 0 Å². The predicted molar refractivity (Wildman–Crippen MR) is 79.7 cm³/mol. The molecular formula is C15H19NO5S. The molecule has 6 nitrogen and oxygen atoms in total. The summed E-state index contributed by atoms with van der Waals surface area (Å²) < 4.78 is 32.4. The largest absolute Gasteiger partial charge is 0.481 e. The Labute approximate surface area is 129 Å². The quantitative estimate of drug-likeness (QED) is 0.844. The number of carboxylic acids is 1. The highest BCUT2D eigenvalue weighted by Gasteiger charge is 2.42. The standard InChI is InChI=1S/C15H19NO5S/c17-15(18)12-6-13(7-12)22(19,20)16-8-10-2-1-3-11-9-21-5-4-14(10)11/h1-3,12-13,16H,4-9H2,(H,17,18). The molecule has 1 fully saturated rings. The fourth-order valence-corrected chi connectivity index (χ4v) is 4.55. The van der Waals surface area contributed by atoms with Gasteiger partial charge in [-0.25, -0.2) is 13.1 Å². The summed E-state index contributed by atoms with van der Waals surface area (Å²) in [6, 6.07) is 5.82. The first-order valence-electron chi connectivity index (χ1n) is 7.36. The molecule has 2 aliphatic rings. The van der Waals surface area contributed by atoms with E-state index in [-0.39, 0.29) is 19.4 Å². The van der Waals surface area contributed by atoms with E-state index >= 15 is 0 Å². The van der Waals surface area contributed by atoms with Crippen LogP contribution in [0.15, 0.2) is 18.2 Å². The minimum atomic E-state index is -3.46. The molecule has 0 bridgehead atoms. The van der Waals surface area contributed by atoms with Crippen LogP contribution in [0.3, 0.4) is 0 Å². The number of sulfonamides is 1. The average Bonchev–Trinajstić information content (AvgIpc) is 2.42. The number of carboxylic acid groups (broad SMARTS) is 1. The molecule has 7 heteroatoms. The Morgan fingerprint density at radius 2 is 2.14 bits per heavy atom. The molecular weight excluding hydrogens is 306 g/mol. The van der Waals surface area contributed by atoms with E-state index in [2.05, 4.69) is 4.72 Å². The summed E-state index contributed by atoms with van der Waals surface area (Å²) in [4.78, 5) is 10.8. The zero-order chi connectivity index (χ0) is 15.7. The van der Waals surface area contributed by atoms with Gasteiger partial charge in [-0.05, 0) is 36.0 Å². The summed E-state index contributed by atoms with van der Waals surface area (Å²) in [5.74, 6) is -1.44. The number of hydrogen-bond acceptors (Lipinski definition) is 4. The van der Waals surface area contributed by atoms with Crippen molar-refractivity contribution in [1.29, 1.82) is 0 Å². The van der Waals surface area contributed by atoms with E-state index in [9.17, 15) is 13.2 Å². The van der Waals surface area contributed by atoms with E-state index in [0.717, 1.165) is 23.1 Å². The summed E-state index contributed by atoms with van der Waals surface area (Å²) in [5, 5.41) is 8.24. The van der Waals surface area contributed by atoms with Gasteiger partial charge in [0.25, 0.3) is 0 Å². The molecule has 0 saturated heterocycles. The number of benzene rings is 1. The molecule has 1 aromatic carbocycles. The lowest BCUT2D eigenvalue weighted by Gasteiger charge is -2.31. The van der Waals surface area contributed by atoms with E-state index in [0.29, 0.717) is 13.2 Å². The van der Waals surface area contributed by atoms with Crippen LogP contribution >= 0.6 is 0 Å². The Kier molecular flexibility index (Phi) is 4.20. The van der Waals surface area contributed by atoms with Crippen molar-refractivity contribution in [1.82, 2.24) is 4.72 Å². The molecule has 0 unspecified atom stereocenters. The van der Waals surface area contributed by atoms with Crippen molar-refractivity contribution in [2.75, 3.05) is 6.61 Å². The van der Waals surface area contributed by atoms with Crippen molar-refractivity contribution in [3.05, 3.63) is 34.9 Å². The number of aliphatic carboxylic acids is 1. The number of rotatable bonds is 5. The Hall–Kier alpha value is -1.44. The van der Waals surface area contributed by atoms with Crippen LogP contribution < -0.4 is 4.72 Å². The zero-order valence-corrected chi connectivity index (χ0v) is 12.9. The Bertz CT molecular complexity index is 679. The van der Waals surface area contributed by atoms with E-state index in [1.165, 1.54) is 0 Å². The first-order chi connectivity index (χ1) is 10.5. The van der Waals surface area contributed by atoms with Gasteiger partial charge in [-0.3, -0.25) is 4.79 Å². The molecule has 1 aliphatic heterocycles. The normalized spacial score (nSPS) is 24.4. The number of nitrogens with one attached hydrogen (secondary N) is 1. The van der Waals surface area contributed by atoms with Crippen LogP contribution in [0.2, 0.25) is 0 Å². The van der Waals surface area contributed by atoms with Gasteiger partial charge in [-0.15, -0.1) is 0 Å². The van der Waals surface area contributed by atoms with E-state index < -0.39 is 27.2 Å². The highest BCUT2D eigenvalue weighted by molar-refractivity contribution is 7.90. The molecule has 1 aromatic rings. The molecule has 0 spiro atoms. The SMILES string of the molecule is O=C(O)C1CC(S(=O)(=O)NCc2cccc3c2CCOC3)C1. The zero-order valence-electron chi connectivity index (χ0n) is 12.1. The smallest absolute Gasteiger partial charge is 0.306 e. The second-order valence-corrected chi connectivity index (χ2v) is 7.90. The van der Waals surface area contributed by atoms with Crippen molar-refractivity contribution in [3.63, 3.8) is 0 Å². The van der Waals surface area contributed by atoms with Crippen LogP contribution in [-0.4, -0.2) is 31.4 Å². The van der Waals surface area contributed by atoms with Gasteiger partial charge < -0.3 is 9.84 Å². The van der Waals surface area contributed by atoms with Gasteiger partial charge >= 0.3 is 5.97 Å². The van der Waals surface area contributed by atoms with Gasteiger partial charge in [0.15, 0.2) is 0 Å². The van der Waals surface area contributed by atoms with Gasteiger partial charge in [0.05, 0.1) is 24.4 Å². The van der Waals surface area contributed by atoms with Gasteiger partial charge in [-0.2, -0.15) is 0 Å². The minimum Gasteiger partial charge on any atom is -0.481 e. The molecule has 3 rings (SSSR count). The van der Waals surface area contributed by atoms with E-state index in [4.69, 9.17) is 9.84 Å². The maximum absolute atomic E-state index is 12.2. The maximum Gasteiger partial charge on any atom is 0.306 e. The van der Waals surface area contributed by atoms with Gasteiger partial charge in [0.2, 0.25) is 10.0 Å². The second kappa shape index (κ2) is 5.98. The molecule has 1 saturated carbocycles. The first-order valence-corrected chi connectivity index (χ1v) is 8.90. The van der Waals surface area contributed by atoms with E-state index in [1.807, 2.05) is 18.2 Å². The summed E-state index contributed by atoms with van der Waals surface area (Å²) in [5.41, 5.74) is 3.24. The van der Waals surface area contributed by atoms with Crippen LogP contribution in [0.25, 0.3) is 0 Å². The Morgan fingerprint density at radius 1 is 1.36 bits per heavy atom. The summed E-state index contributed by atoms with van der Waals surface area (Å²) >= 11 is 0. The van der Waals surface area contributed by atoms with Gasteiger partial charge in [0.1, 0.15) is 0 Å². The average molecular weight is 325 g/mol. The van der Waals surface area contributed by atoms with E-state index in [1.54, 1.807) is 0 Å². The third-order valence-electron chi connectivity index (χ3n) is 4.47. The molecule has 1 heterocycles. The molecule has 22 heavy (non-hydrogen) atoms. The summed E-state index contributed by atoms with van der Waals surface area (Å²) in [6.45, 7) is 1.47. The lowest BCUT2D eigenvalue weighted by atomic mass is 9.85. The van der Waals surface area contributed by atoms with Crippen molar-refractivity contribution in [2.45, 2.75) is 37.7 Å². The highest BCUT2D eigenvalue weighted by Crippen LogP contribution is 2.32. The van der Waals surface area contributed by atoms with Crippen molar-refractivity contribution < 1.29 is 23.1 Å².